The number of rotatable bonds is 9. The molecule has 0 radical (unpaired) electrons. The average Bonchev–Trinajstić information content (AvgIpc) is 3.42. The van der Waals surface area contributed by atoms with Crippen molar-refractivity contribution in [2.75, 3.05) is 27.3 Å². The van der Waals surface area contributed by atoms with Crippen LogP contribution in [0.5, 0.6) is 5.88 Å². The zero-order valence-corrected chi connectivity index (χ0v) is 18.3. The quantitative estimate of drug-likeness (QED) is 0.569. The first kappa shape index (κ1) is 22.5. The van der Waals surface area contributed by atoms with Gasteiger partial charge in [-0.15, -0.1) is 0 Å². The number of carbonyl (C=O) groups is 2. The summed E-state index contributed by atoms with van der Waals surface area (Å²) in [7, 11) is 3.22. The van der Waals surface area contributed by atoms with Gasteiger partial charge in [0.15, 0.2) is 5.56 Å². The number of hydrogen-bond acceptors (Lipinski definition) is 6. The van der Waals surface area contributed by atoms with Crippen LogP contribution in [0.1, 0.15) is 42.6 Å². The molecule has 0 spiro atoms. The molecule has 10 heteroatoms. The van der Waals surface area contributed by atoms with Crippen LogP contribution in [-0.2, 0) is 16.1 Å². The molecule has 2 aromatic heterocycles. The summed E-state index contributed by atoms with van der Waals surface area (Å²) in [5.74, 6) is -1.13. The SMILES string of the molecule is COCCN(C)C(=O)C=Cc1cnn2c(=O)c(C(=O)NC3CC3)c(O)n(CC(C)C)c12. The molecule has 2 heterocycles. The van der Waals surface area contributed by atoms with Gasteiger partial charge in [-0.3, -0.25) is 19.0 Å². The van der Waals surface area contributed by atoms with Crippen LogP contribution in [0, 0.1) is 5.92 Å². The standard InChI is InChI=1S/C21H29N5O5/c1-13(2)12-25-19-14(5-8-16(27)24(3)9-10-31-4)11-22-26(19)21(30)17(20(25)29)18(28)23-15-6-7-15/h5,8,11,13,15,29H,6-7,9-10,12H2,1-4H3,(H,23,28). The fourth-order valence-electron chi connectivity index (χ4n) is 3.18. The zero-order chi connectivity index (χ0) is 22.7. The van der Waals surface area contributed by atoms with Crippen molar-refractivity contribution >= 4 is 23.5 Å². The van der Waals surface area contributed by atoms with Gasteiger partial charge < -0.3 is 20.1 Å². The minimum atomic E-state index is -0.700. The molecule has 1 aliphatic rings. The van der Waals surface area contributed by atoms with Gasteiger partial charge in [0.05, 0.1) is 12.8 Å². The van der Waals surface area contributed by atoms with Crippen molar-refractivity contribution in [3.8, 4) is 5.88 Å². The van der Waals surface area contributed by atoms with Crippen molar-refractivity contribution in [2.24, 2.45) is 5.92 Å². The first-order valence-electron chi connectivity index (χ1n) is 10.3. The molecule has 168 valence electrons. The monoisotopic (exact) mass is 431 g/mol. The van der Waals surface area contributed by atoms with Gasteiger partial charge in [-0.2, -0.15) is 9.61 Å². The zero-order valence-electron chi connectivity index (χ0n) is 18.3. The van der Waals surface area contributed by atoms with E-state index in [1.54, 1.807) is 20.2 Å². The number of nitrogens with zero attached hydrogens (tertiary/aromatic N) is 4. The van der Waals surface area contributed by atoms with Crippen LogP contribution in [0.3, 0.4) is 0 Å². The van der Waals surface area contributed by atoms with Crippen LogP contribution in [0.2, 0.25) is 0 Å². The van der Waals surface area contributed by atoms with E-state index < -0.39 is 17.3 Å². The minimum Gasteiger partial charge on any atom is -0.494 e. The van der Waals surface area contributed by atoms with Crippen LogP contribution in [0.25, 0.3) is 11.7 Å². The number of aromatic nitrogens is 3. The van der Waals surface area contributed by atoms with Gasteiger partial charge in [0, 0.05) is 44.9 Å². The van der Waals surface area contributed by atoms with Gasteiger partial charge in [-0.25, -0.2) is 0 Å². The number of hydrogen-bond donors (Lipinski definition) is 2. The second kappa shape index (κ2) is 9.34. The number of carbonyl (C=O) groups excluding carboxylic acids is 2. The number of methoxy groups -OCH3 is 1. The van der Waals surface area contributed by atoms with Crippen LogP contribution >= 0.6 is 0 Å². The van der Waals surface area contributed by atoms with E-state index in [2.05, 4.69) is 10.4 Å². The van der Waals surface area contributed by atoms with Crippen LogP contribution in [0.4, 0.5) is 0 Å². The Kier molecular flexibility index (Phi) is 6.79. The van der Waals surface area contributed by atoms with Crippen molar-refractivity contribution in [3.05, 3.63) is 33.8 Å². The fourth-order valence-corrected chi connectivity index (χ4v) is 3.18. The summed E-state index contributed by atoms with van der Waals surface area (Å²) in [5, 5.41) is 17.8. The molecule has 1 fully saturated rings. The van der Waals surface area contributed by atoms with Gasteiger partial charge in [-0.1, -0.05) is 13.8 Å². The van der Waals surface area contributed by atoms with Crippen LogP contribution in [-0.4, -0.2) is 69.4 Å². The summed E-state index contributed by atoms with van der Waals surface area (Å²) in [6.45, 7) is 5.12. The van der Waals surface area contributed by atoms with E-state index in [-0.39, 0.29) is 23.4 Å². The lowest BCUT2D eigenvalue weighted by atomic mass is 10.2. The van der Waals surface area contributed by atoms with E-state index in [1.807, 2.05) is 13.8 Å². The lowest BCUT2D eigenvalue weighted by Crippen LogP contribution is -2.34. The van der Waals surface area contributed by atoms with Crippen molar-refractivity contribution in [1.29, 1.82) is 0 Å². The Hall–Kier alpha value is -3.14. The summed E-state index contributed by atoms with van der Waals surface area (Å²) >= 11 is 0. The van der Waals surface area contributed by atoms with E-state index in [1.165, 1.54) is 21.7 Å². The first-order chi connectivity index (χ1) is 14.7. The van der Waals surface area contributed by atoms with Gasteiger partial charge in [0.25, 0.3) is 11.5 Å². The molecule has 0 atom stereocenters. The molecular formula is C21H29N5O5. The second-order valence-corrected chi connectivity index (χ2v) is 8.18. The molecule has 0 bridgehead atoms. The fraction of sp³-hybridized carbons (Fsp3) is 0.524. The van der Waals surface area contributed by atoms with Crippen molar-refractivity contribution in [2.45, 2.75) is 39.3 Å². The predicted molar refractivity (Wildman–Crippen MR) is 115 cm³/mol. The molecule has 0 aromatic carbocycles. The normalized spacial score (nSPS) is 14.0. The highest BCUT2D eigenvalue weighted by atomic mass is 16.5. The second-order valence-electron chi connectivity index (χ2n) is 8.18. The van der Waals surface area contributed by atoms with Crippen molar-refractivity contribution in [3.63, 3.8) is 0 Å². The summed E-state index contributed by atoms with van der Waals surface area (Å²) in [6.07, 6.45) is 6.08. The maximum atomic E-state index is 13.0. The topological polar surface area (TPSA) is 118 Å². The molecule has 31 heavy (non-hydrogen) atoms. The molecule has 2 amide bonds. The Labute approximate surface area is 180 Å². The number of nitrogens with one attached hydrogen (secondary N) is 1. The number of ether oxygens (including phenoxy) is 1. The molecule has 3 rings (SSSR count). The van der Waals surface area contributed by atoms with Crippen molar-refractivity contribution in [1.82, 2.24) is 24.4 Å². The van der Waals surface area contributed by atoms with E-state index >= 15 is 0 Å². The van der Waals surface area contributed by atoms with Gasteiger partial charge >= 0.3 is 0 Å². The third kappa shape index (κ3) is 4.96. The summed E-state index contributed by atoms with van der Waals surface area (Å²) in [5.41, 5.74) is -0.221. The average molecular weight is 431 g/mol. The highest BCUT2D eigenvalue weighted by Crippen LogP contribution is 2.24. The molecule has 1 saturated carbocycles. The molecule has 2 aromatic rings. The third-order valence-electron chi connectivity index (χ3n) is 5.01. The molecule has 2 N–H and O–H groups in total. The van der Waals surface area contributed by atoms with Crippen LogP contribution in [0.15, 0.2) is 17.1 Å². The number of amides is 2. The maximum absolute atomic E-state index is 13.0. The van der Waals surface area contributed by atoms with Gasteiger partial charge in [0.1, 0.15) is 5.65 Å². The molecule has 0 saturated heterocycles. The molecule has 1 aliphatic carbocycles. The summed E-state index contributed by atoms with van der Waals surface area (Å²) in [6, 6.07) is 0.0396. The smallest absolute Gasteiger partial charge is 0.291 e. The van der Waals surface area contributed by atoms with E-state index in [9.17, 15) is 19.5 Å². The number of likely N-dealkylation sites (N-methyl/N-ethyl adjacent to an activating group) is 1. The Morgan fingerprint density at radius 1 is 1.42 bits per heavy atom. The molecule has 0 aliphatic heterocycles. The summed E-state index contributed by atoms with van der Waals surface area (Å²) in [4.78, 5) is 39.4. The highest BCUT2D eigenvalue weighted by Gasteiger charge is 2.29. The third-order valence-corrected chi connectivity index (χ3v) is 5.01. The van der Waals surface area contributed by atoms with E-state index in [0.717, 1.165) is 17.4 Å². The number of fused-ring (bicyclic) bond motifs is 1. The van der Waals surface area contributed by atoms with E-state index in [0.29, 0.717) is 30.9 Å². The highest BCUT2D eigenvalue weighted by molar-refractivity contribution is 5.97. The Balaban J connectivity index is 2.04. The van der Waals surface area contributed by atoms with Gasteiger partial charge in [0.2, 0.25) is 11.8 Å². The Morgan fingerprint density at radius 2 is 2.13 bits per heavy atom. The summed E-state index contributed by atoms with van der Waals surface area (Å²) < 4.78 is 7.58. The van der Waals surface area contributed by atoms with Gasteiger partial charge in [-0.05, 0) is 24.8 Å². The predicted octanol–water partition coefficient (Wildman–Crippen LogP) is 0.868. The lowest BCUT2D eigenvalue weighted by molar-refractivity contribution is -0.125. The first-order valence-corrected chi connectivity index (χ1v) is 10.3. The lowest BCUT2D eigenvalue weighted by Gasteiger charge is -2.17. The maximum Gasteiger partial charge on any atom is 0.291 e. The largest absolute Gasteiger partial charge is 0.494 e. The Morgan fingerprint density at radius 3 is 2.74 bits per heavy atom. The molecular weight excluding hydrogens is 402 g/mol. The molecule has 0 unspecified atom stereocenters. The molecule has 10 nitrogen and oxygen atoms in total. The number of aromatic hydroxyl groups is 1. The van der Waals surface area contributed by atoms with E-state index in [4.69, 9.17) is 4.74 Å². The Bertz CT molecular complexity index is 1060. The van der Waals surface area contributed by atoms with Crippen molar-refractivity contribution < 1.29 is 19.4 Å². The van der Waals surface area contributed by atoms with Crippen LogP contribution < -0.4 is 10.9 Å². The minimum absolute atomic E-state index is 0.0396.